The number of rotatable bonds is 15. The molecule has 4 aromatic rings. The third-order valence-electron chi connectivity index (χ3n) is 9.82. The number of ether oxygens (including phenoxy) is 2. The van der Waals surface area contributed by atoms with E-state index >= 15 is 0 Å². The molecule has 0 aliphatic heterocycles. The molecule has 0 spiro atoms. The molecule has 4 atom stereocenters. The van der Waals surface area contributed by atoms with E-state index in [9.17, 15) is 22.4 Å². The first-order valence-electron chi connectivity index (χ1n) is 18.2. The number of aromatic nitrogens is 2. The summed E-state index contributed by atoms with van der Waals surface area (Å²) in [5, 5.41) is 9.93. The van der Waals surface area contributed by atoms with Crippen molar-refractivity contribution >= 4 is 39.3 Å². The van der Waals surface area contributed by atoms with E-state index in [0.29, 0.717) is 18.9 Å². The Morgan fingerprint density at radius 3 is 2.13 bits per heavy atom. The lowest BCUT2D eigenvalue weighted by Gasteiger charge is -2.33. The van der Waals surface area contributed by atoms with Crippen molar-refractivity contribution in [2.45, 2.75) is 94.3 Å². The molecular formula is C40H45ClFN5O6S. The largest absolute Gasteiger partial charge is 0.373 e. The molecule has 2 aliphatic carbocycles. The van der Waals surface area contributed by atoms with Crippen LogP contribution < -0.4 is 15.4 Å². The van der Waals surface area contributed by atoms with Crippen molar-refractivity contribution in [1.82, 2.24) is 20.4 Å². The minimum atomic E-state index is -4.36. The van der Waals surface area contributed by atoms with Crippen LogP contribution in [0.2, 0.25) is 5.02 Å². The van der Waals surface area contributed by atoms with Crippen molar-refractivity contribution in [3.63, 3.8) is 0 Å². The molecule has 6 rings (SSSR count). The van der Waals surface area contributed by atoms with Crippen LogP contribution in [0.5, 0.6) is 0 Å². The monoisotopic (exact) mass is 777 g/mol. The van der Waals surface area contributed by atoms with E-state index in [1.54, 1.807) is 0 Å². The number of nitrogens with one attached hydrogen (secondary N) is 3. The van der Waals surface area contributed by atoms with E-state index in [-0.39, 0.29) is 52.1 Å². The molecule has 14 heteroatoms. The fraction of sp³-hybridized carbons (Fsp3) is 0.375. The highest BCUT2D eigenvalue weighted by Crippen LogP contribution is 2.32. The number of benzene rings is 3. The second-order valence-electron chi connectivity index (χ2n) is 13.8. The smallest absolute Gasteiger partial charge is 0.273 e. The summed E-state index contributed by atoms with van der Waals surface area (Å²) in [6.45, 7) is 4.64. The minimum absolute atomic E-state index is 0.0766. The number of halogens is 2. The van der Waals surface area contributed by atoms with Gasteiger partial charge in [0.1, 0.15) is 23.0 Å². The molecule has 286 valence electrons. The average molecular weight is 778 g/mol. The fourth-order valence-electron chi connectivity index (χ4n) is 7.06. The highest BCUT2D eigenvalue weighted by molar-refractivity contribution is 7.92. The van der Waals surface area contributed by atoms with Crippen LogP contribution in [0, 0.1) is 11.7 Å². The number of anilines is 1. The van der Waals surface area contributed by atoms with Crippen LogP contribution in [0.15, 0.2) is 102 Å². The first-order valence-corrected chi connectivity index (χ1v) is 20.1. The van der Waals surface area contributed by atoms with Crippen molar-refractivity contribution in [2.75, 3.05) is 4.72 Å². The van der Waals surface area contributed by atoms with Gasteiger partial charge in [-0.15, -0.1) is 0 Å². The maximum absolute atomic E-state index is 13.9. The third kappa shape index (κ3) is 10.3. The van der Waals surface area contributed by atoms with E-state index in [4.69, 9.17) is 21.1 Å². The first-order chi connectivity index (χ1) is 26.1. The normalized spacial score (nSPS) is 20.2. The number of carbonyl (C=O) groups is 2. The second-order valence-corrected chi connectivity index (χ2v) is 15.8. The van der Waals surface area contributed by atoms with Gasteiger partial charge in [-0.05, 0) is 55.0 Å². The van der Waals surface area contributed by atoms with E-state index < -0.39 is 27.7 Å². The van der Waals surface area contributed by atoms with Crippen molar-refractivity contribution in [3.05, 3.63) is 125 Å². The van der Waals surface area contributed by atoms with Crippen LogP contribution in [0.1, 0.15) is 73.0 Å². The van der Waals surface area contributed by atoms with Crippen LogP contribution in [-0.4, -0.2) is 48.3 Å². The molecule has 3 N–H and O–H groups in total. The lowest BCUT2D eigenvalue weighted by atomic mass is 9.84. The highest BCUT2D eigenvalue weighted by Gasteiger charge is 2.32. The number of carbonyl (C=O) groups excluding carboxylic acids is 2. The van der Waals surface area contributed by atoms with Crippen LogP contribution in [0.25, 0.3) is 0 Å². The van der Waals surface area contributed by atoms with E-state index in [1.165, 1.54) is 6.07 Å². The number of hydrogen-bond donors (Lipinski definition) is 3. The van der Waals surface area contributed by atoms with Crippen molar-refractivity contribution in [2.24, 2.45) is 5.92 Å². The summed E-state index contributed by atoms with van der Waals surface area (Å²) in [4.78, 5) is 27.1. The predicted molar refractivity (Wildman–Crippen MR) is 203 cm³/mol. The molecule has 54 heavy (non-hydrogen) atoms. The van der Waals surface area contributed by atoms with Gasteiger partial charge in [0.15, 0.2) is 5.82 Å². The first kappa shape index (κ1) is 39.1. The van der Waals surface area contributed by atoms with Gasteiger partial charge in [0.05, 0.1) is 36.5 Å². The van der Waals surface area contributed by atoms with Crippen LogP contribution in [-0.2, 0) is 44.1 Å². The van der Waals surface area contributed by atoms with Gasteiger partial charge in [0, 0.05) is 17.7 Å². The zero-order valence-electron chi connectivity index (χ0n) is 29.9. The SMILES string of the molecule is C=C(NC(=O)c1cc(NS(=O)(=O)c2ccc(F)cc2Cl)nn1CC(=O)N[C@H]1CCCC[C@@H]1OCc1ccccc1)[C@H]1CCCC[C@@H]1OCc1ccccc1. The Morgan fingerprint density at radius 1 is 0.852 bits per heavy atom. The molecule has 0 unspecified atom stereocenters. The predicted octanol–water partition coefficient (Wildman–Crippen LogP) is 7.14. The van der Waals surface area contributed by atoms with Crippen LogP contribution >= 0.6 is 11.6 Å². The van der Waals surface area contributed by atoms with Crippen LogP contribution in [0.3, 0.4) is 0 Å². The van der Waals surface area contributed by atoms with Gasteiger partial charge in [-0.1, -0.05) is 105 Å². The molecule has 2 fully saturated rings. The molecule has 3 aromatic carbocycles. The molecule has 2 saturated carbocycles. The maximum Gasteiger partial charge on any atom is 0.273 e. The average Bonchev–Trinajstić information content (AvgIpc) is 3.55. The minimum Gasteiger partial charge on any atom is -0.373 e. The Balaban J connectivity index is 1.18. The van der Waals surface area contributed by atoms with Gasteiger partial charge in [-0.25, -0.2) is 17.5 Å². The molecular weight excluding hydrogens is 733 g/mol. The van der Waals surface area contributed by atoms with Gasteiger partial charge in [-0.2, -0.15) is 5.10 Å². The summed E-state index contributed by atoms with van der Waals surface area (Å²) in [6, 6.07) is 23.5. The van der Waals surface area contributed by atoms with Gasteiger partial charge < -0.3 is 20.1 Å². The molecule has 2 amide bonds. The number of sulfonamides is 1. The molecule has 11 nitrogen and oxygen atoms in total. The molecule has 0 bridgehead atoms. The summed E-state index contributed by atoms with van der Waals surface area (Å²) in [5.74, 6) is -2.15. The van der Waals surface area contributed by atoms with Gasteiger partial charge in [-0.3, -0.25) is 14.3 Å². The van der Waals surface area contributed by atoms with E-state index in [1.807, 2.05) is 60.7 Å². The van der Waals surface area contributed by atoms with E-state index in [2.05, 4.69) is 27.0 Å². The Morgan fingerprint density at radius 2 is 1.46 bits per heavy atom. The lowest BCUT2D eigenvalue weighted by molar-refractivity contribution is -0.124. The lowest BCUT2D eigenvalue weighted by Crippen LogP contribution is -2.47. The maximum atomic E-state index is 13.9. The summed E-state index contributed by atoms with van der Waals surface area (Å²) in [6.07, 6.45) is 6.51. The Bertz CT molecular complexity index is 2030. The van der Waals surface area contributed by atoms with Crippen LogP contribution in [0.4, 0.5) is 10.2 Å². The van der Waals surface area contributed by atoms with Crippen molar-refractivity contribution in [1.29, 1.82) is 0 Å². The topological polar surface area (TPSA) is 141 Å². The molecule has 0 radical (unpaired) electrons. The third-order valence-corrected chi connectivity index (χ3v) is 11.7. The fourth-order valence-corrected chi connectivity index (χ4v) is 8.58. The molecule has 1 aromatic heterocycles. The van der Waals surface area contributed by atoms with Gasteiger partial charge in [0.25, 0.3) is 15.9 Å². The van der Waals surface area contributed by atoms with Gasteiger partial charge >= 0.3 is 0 Å². The highest BCUT2D eigenvalue weighted by atomic mass is 35.5. The quantitative estimate of drug-likeness (QED) is 0.117. The molecule has 2 aliphatic rings. The number of hydrogen-bond acceptors (Lipinski definition) is 7. The number of nitrogens with zero attached hydrogens (tertiary/aromatic N) is 2. The molecule has 1 heterocycles. The zero-order valence-corrected chi connectivity index (χ0v) is 31.5. The van der Waals surface area contributed by atoms with Gasteiger partial charge in [0.2, 0.25) is 5.91 Å². The van der Waals surface area contributed by atoms with Crippen molar-refractivity contribution in [3.8, 4) is 0 Å². The Labute approximate surface area is 320 Å². The Kier molecular flexibility index (Phi) is 13.2. The Hall–Kier alpha value is -4.56. The summed E-state index contributed by atoms with van der Waals surface area (Å²) in [7, 11) is -4.36. The number of amides is 2. The molecule has 0 saturated heterocycles. The van der Waals surface area contributed by atoms with Crippen molar-refractivity contribution < 1.29 is 31.9 Å². The summed E-state index contributed by atoms with van der Waals surface area (Å²) < 4.78 is 56.3. The summed E-state index contributed by atoms with van der Waals surface area (Å²) >= 11 is 6.07. The second kappa shape index (κ2) is 18.2. The zero-order chi connectivity index (χ0) is 38.1. The standard InChI is InChI=1S/C40H45ClFN5O6S/c1-27(31-16-8-10-18-35(31)52-25-28-12-4-2-5-13-28)43-40(49)34-23-38(46-54(50,51)37-21-20-30(42)22-32(37)41)45-47(34)24-39(48)44-33-17-9-11-19-36(33)53-26-29-14-6-3-7-15-29/h2-7,12-15,20-23,31,33,35-36H,1,8-11,16-19,24-26H2,(H,43,49)(H,44,48)(H,45,46)/t31-,33+,35+,36+/m1/s1. The summed E-state index contributed by atoms with van der Waals surface area (Å²) in [5.41, 5.74) is 2.45. The van der Waals surface area contributed by atoms with E-state index in [0.717, 1.165) is 85.4 Å².